The molecular weight excluding hydrogens is 208 g/mol. The van der Waals surface area contributed by atoms with Crippen LogP contribution in [0, 0.1) is 6.92 Å². The van der Waals surface area contributed by atoms with Gasteiger partial charge in [0.15, 0.2) is 5.65 Å². The molecule has 4 nitrogen and oxygen atoms in total. The lowest BCUT2D eigenvalue weighted by Gasteiger charge is -1.89. The molecule has 0 atom stereocenters. The molecule has 0 bridgehead atoms. The quantitative estimate of drug-likeness (QED) is 0.660. The van der Waals surface area contributed by atoms with Gasteiger partial charge in [-0.05, 0) is 22.9 Å². The van der Waals surface area contributed by atoms with Crippen LogP contribution in [0.25, 0.3) is 5.65 Å². The molecule has 0 amide bonds. The average Bonchev–Trinajstić information content (AvgIpc) is 2.27. The Morgan fingerprint density at radius 2 is 2.36 bits per heavy atom. The van der Waals surface area contributed by atoms with E-state index in [0.717, 1.165) is 11.3 Å². The molecule has 0 aromatic carbocycles. The summed E-state index contributed by atoms with van der Waals surface area (Å²) in [5.41, 5.74) is 1.75. The second-order valence-electron chi connectivity index (χ2n) is 2.21. The molecule has 0 saturated carbocycles. The third-order valence-corrected chi connectivity index (χ3v) is 1.68. The van der Waals surface area contributed by atoms with E-state index in [1.165, 1.54) is 0 Å². The summed E-state index contributed by atoms with van der Waals surface area (Å²) in [4.78, 5) is 8.16. The lowest BCUT2D eigenvalue weighted by molar-refractivity contribution is 0.899. The number of nitrogens with zero attached hydrogens (tertiary/aromatic N) is 4. The van der Waals surface area contributed by atoms with Crippen LogP contribution in [-0.2, 0) is 0 Å². The number of hydrogen-bond acceptors (Lipinski definition) is 3. The summed E-state index contributed by atoms with van der Waals surface area (Å²) < 4.78 is 2.21. The van der Waals surface area contributed by atoms with E-state index in [1.54, 1.807) is 10.8 Å². The van der Waals surface area contributed by atoms with Crippen LogP contribution in [0.15, 0.2) is 17.1 Å². The molecule has 0 N–H and O–H groups in total. The number of hydrogen-bond donors (Lipinski definition) is 0. The van der Waals surface area contributed by atoms with Crippen molar-refractivity contribution in [2.75, 3.05) is 0 Å². The third-order valence-electron chi connectivity index (χ3n) is 1.34. The maximum atomic E-state index is 4.10. The van der Waals surface area contributed by atoms with Crippen molar-refractivity contribution in [2.24, 2.45) is 0 Å². The molecule has 0 aliphatic rings. The van der Waals surface area contributed by atoms with E-state index in [4.69, 9.17) is 0 Å². The van der Waals surface area contributed by atoms with Gasteiger partial charge < -0.3 is 0 Å². The molecule has 11 heavy (non-hydrogen) atoms. The van der Waals surface area contributed by atoms with E-state index in [9.17, 15) is 0 Å². The maximum absolute atomic E-state index is 4.10. The SMILES string of the molecule is Cc1cc2nc(Br)nn2cn1. The first-order valence-corrected chi connectivity index (χ1v) is 3.89. The first-order valence-electron chi connectivity index (χ1n) is 3.10. The predicted octanol–water partition coefficient (Wildman–Crippen LogP) is 1.20. The second kappa shape index (κ2) is 2.27. The van der Waals surface area contributed by atoms with Crippen molar-refractivity contribution < 1.29 is 0 Å². The Kier molecular flexibility index (Phi) is 1.38. The van der Waals surface area contributed by atoms with Crippen molar-refractivity contribution >= 4 is 21.6 Å². The molecule has 2 heterocycles. The zero-order valence-electron chi connectivity index (χ0n) is 5.82. The summed E-state index contributed by atoms with van der Waals surface area (Å²) in [6, 6.07) is 1.87. The van der Waals surface area contributed by atoms with Crippen molar-refractivity contribution in [2.45, 2.75) is 6.92 Å². The van der Waals surface area contributed by atoms with Crippen molar-refractivity contribution in [3.8, 4) is 0 Å². The number of aromatic nitrogens is 4. The zero-order valence-corrected chi connectivity index (χ0v) is 7.41. The Balaban J connectivity index is 2.82. The summed E-state index contributed by atoms with van der Waals surface area (Å²) >= 11 is 3.18. The smallest absolute Gasteiger partial charge is 0.218 e. The van der Waals surface area contributed by atoms with Gasteiger partial charge in [0.1, 0.15) is 6.33 Å². The third kappa shape index (κ3) is 1.11. The van der Waals surface area contributed by atoms with Gasteiger partial charge in [-0.25, -0.2) is 14.5 Å². The van der Waals surface area contributed by atoms with E-state index in [1.807, 2.05) is 13.0 Å². The van der Waals surface area contributed by atoms with Crippen LogP contribution in [0.1, 0.15) is 5.69 Å². The topological polar surface area (TPSA) is 43.1 Å². The van der Waals surface area contributed by atoms with Crippen LogP contribution in [-0.4, -0.2) is 19.6 Å². The normalized spacial score (nSPS) is 10.7. The monoisotopic (exact) mass is 212 g/mol. The fourth-order valence-corrected chi connectivity index (χ4v) is 1.21. The summed E-state index contributed by atoms with van der Waals surface area (Å²) in [7, 11) is 0. The van der Waals surface area contributed by atoms with Crippen LogP contribution < -0.4 is 0 Å². The summed E-state index contributed by atoms with van der Waals surface area (Å²) in [5.74, 6) is 0. The van der Waals surface area contributed by atoms with E-state index in [0.29, 0.717) is 4.73 Å². The Bertz CT molecular complexity index is 394. The molecule has 5 heteroatoms. The fraction of sp³-hybridized carbons (Fsp3) is 0.167. The van der Waals surface area contributed by atoms with Crippen molar-refractivity contribution in [3.05, 3.63) is 22.8 Å². The molecule has 2 aromatic rings. The minimum absolute atomic E-state index is 0.588. The highest BCUT2D eigenvalue weighted by Gasteiger charge is 1.98. The summed E-state index contributed by atoms with van der Waals surface area (Å²) in [6.07, 6.45) is 1.64. The Labute approximate surface area is 71.4 Å². The van der Waals surface area contributed by atoms with Crippen LogP contribution >= 0.6 is 15.9 Å². The maximum Gasteiger partial charge on any atom is 0.218 e. The van der Waals surface area contributed by atoms with E-state index >= 15 is 0 Å². The van der Waals surface area contributed by atoms with Crippen LogP contribution in [0.4, 0.5) is 0 Å². The highest BCUT2D eigenvalue weighted by molar-refractivity contribution is 9.10. The largest absolute Gasteiger partial charge is 0.241 e. The molecule has 0 aliphatic heterocycles. The average molecular weight is 213 g/mol. The van der Waals surface area contributed by atoms with Crippen LogP contribution in [0.5, 0.6) is 0 Å². The van der Waals surface area contributed by atoms with Gasteiger partial charge in [-0.1, -0.05) is 0 Å². The van der Waals surface area contributed by atoms with Crippen LogP contribution in [0.2, 0.25) is 0 Å². The fourth-order valence-electron chi connectivity index (χ4n) is 0.861. The van der Waals surface area contributed by atoms with Gasteiger partial charge >= 0.3 is 0 Å². The number of aryl methyl sites for hydroxylation is 1. The summed E-state index contributed by atoms with van der Waals surface area (Å²) in [5, 5.41) is 4.01. The minimum atomic E-state index is 0.588. The molecule has 56 valence electrons. The molecule has 2 aromatic heterocycles. The highest BCUT2D eigenvalue weighted by atomic mass is 79.9. The Hall–Kier alpha value is -0.970. The van der Waals surface area contributed by atoms with Gasteiger partial charge in [0, 0.05) is 11.8 Å². The molecular formula is C6H5BrN4. The van der Waals surface area contributed by atoms with Gasteiger partial charge in [0.2, 0.25) is 4.73 Å². The zero-order chi connectivity index (χ0) is 7.84. The van der Waals surface area contributed by atoms with E-state index < -0.39 is 0 Å². The van der Waals surface area contributed by atoms with Crippen molar-refractivity contribution in [1.82, 2.24) is 19.6 Å². The predicted molar refractivity (Wildman–Crippen MR) is 43.2 cm³/mol. The van der Waals surface area contributed by atoms with Gasteiger partial charge in [0.25, 0.3) is 0 Å². The molecule has 0 spiro atoms. The molecule has 2 rings (SSSR count). The van der Waals surface area contributed by atoms with Gasteiger partial charge in [-0.3, -0.25) is 0 Å². The molecule has 0 radical (unpaired) electrons. The lowest BCUT2D eigenvalue weighted by atomic mass is 10.4. The van der Waals surface area contributed by atoms with Crippen molar-refractivity contribution in [3.63, 3.8) is 0 Å². The number of halogens is 1. The van der Waals surface area contributed by atoms with Crippen LogP contribution in [0.3, 0.4) is 0 Å². The Morgan fingerprint density at radius 1 is 1.55 bits per heavy atom. The standard InChI is InChI=1S/C6H5BrN4/c1-4-2-5-9-6(7)10-11(5)3-8-4/h2-3H,1H3. The number of fused-ring (bicyclic) bond motifs is 1. The first-order chi connectivity index (χ1) is 5.25. The van der Waals surface area contributed by atoms with E-state index in [2.05, 4.69) is 31.0 Å². The molecule has 0 aliphatic carbocycles. The van der Waals surface area contributed by atoms with Crippen molar-refractivity contribution in [1.29, 1.82) is 0 Å². The lowest BCUT2D eigenvalue weighted by Crippen LogP contribution is -1.90. The van der Waals surface area contributed by atoms with E-state index in [-0.39, 0.29) is 0 Å². The van der Waals surface area contributed by atoms with Gasteiger partial charge in [-0.15, -0.1) is 5.10 Å². The second-order valence-corrected chi connectivity index (χ2v) is 2.92. The molecule has 0 saturated heterocycles. The first kappa shape index (κ1) is 6.72. The highest BCUT2D eigenvalue weighted by Crippen LogP contribution is 2.05. The molecule has 0 fully saturated rings. The summed E-state index contributed by atoms with van der Waals surface area (Å²) in [6.45, 7) is 1.92. The van der Waals surface area contributed by atoms with Gasteiger partial charge in [0.05, 0.1) is 0 Å². The molecule has 0 unspecified atom stereocenters. The number of rotatable bonds is 0. The van der Waals surface area contributed by atoms with Gasteiger partial charge in [-0.2, -0.15) is 0 Å². The Morgan fingerprint density at radius 3 is 3.18 bits per heavy atom. The minimum Gasteiger partial charge on any atom is -0.241 e.